The van der Waals surface area contributed by atoms with Crippen molar-refractivity contribution in [3.05, 3.63) is 23.8 Å². The minimum atomic E-state index is -0.207. The maximum Gasteiger partial charge on any atom is 0.243 e. The van der Waals surface area contributed by atoms with Crippen molar-refractivity contribution in [3.63, 3.8) is 0 Å². The van der Waals surface area contributed by atoms with E-state index in [0.717, 1.165) is 37.3 Å². The van der Waals surface area contributed by atoms with Crippen LogP contribution in [0.15, 0.2) is 18.2 Å². The van der Waals surface area contributed by atoms with Crippen LogP contribution in [0.2, 0.25) is 0 Å². The number of amides is 2. The number of nitrogens with one attached hydrogen (secondary N) is 2. The summed E-state index contributed by atoms with van der Waals surface area (Å²) in [5.41, 5.74) is 3.11. The number of benzene rings is 1. The molecular formula is C23H39N3O2. The van der Waals surface area contributed by atoms with Gasteiger partial charge in [-0.15, -0.1) is 0 Å². The Balaban J connectivity index is 3.23. The SMILES string of the molecule is CCCC(C)c1ccc(N(CC(C)C)CC(C)C)c(NC(=O)CNC(C)=O)c1. The summed E-state index contributed by atoms with van der Waals surface area (Å²) in [5, 5.41) is 5.61. The van der Waals surface area contributed by atoms with Gasteiger partial charge in [-0.05, 0) is 41.9 Å². The summed E-state index contributed by atoms with van der Waals surface area (Å²) in [5.74, 6) is 1.06. The van der Waals surface area contributed by atoms with E-state index in [2.05, 4.69) is 75.3 Å². The van der Waals surface area contributed by atoms with Gasteiger partial charge < -0.3 is 15.5 Å². The molecule has 1 aromatic carbocycles. The summed E-state index contributed by atoms with van der Waals surface area (Å²) in [6, 6.07) is 6.43. The molecule has 1 unspecified atom stereocenters. The van der Waals surface area contributed by atoms with Crippen LogP contribution in [0.1, 0.15) is 72.8 Å². The van der Waals surface area contributed by atoms with Gasteiger partial charge in [0.25, 0.3) is 0 Å². The van der Waals surface area contributed by atoms with E-state index in [-0.39, 0.29) is 18.4 Å². The highest BCUT2D eigenvalue weighted by Gasteiger charge is 2.18. The Labute approximate surface area is 171 Å². The lowest BCUT2D eigenvalue weighted by molar-refractivity contribution is -0.122. The molecule has 28 heavy (non-hydrogen) atoms. The zero-order valence-electron chi connectivity index (χ0n) is 18.8. The topological polar surface area (TPSA) is 61.4 Å². The van der Waals surface area contributed by atoms with Crippen molar-refractivity contribution in [3.8, 4) is 0 Å². The van der Waals surface area contributed by atoms with Crippen LogP contribution in [0.25, 0.3) is 0 Å². The fourth-order valence-corrected chi connectivity index (χ4v) is 3.39. The predicted molar refractivity (Wildman–Crippen MR) is 119 cm³/mol. The molecule has 0 heterocycles. The molecule has 2 N–H and O–H groups in total. The van der Waals surface area contributed by atoms with E-state index in [1.165, 1.54) is 12.5 Å². The quantitative estimate of drug-likeness (QED) is 0.572. The first kappa shape index (κ1) is 24.0. The molecule has 158 valence electrons. The predicted octanol–water partition coefficient (Wildman–Crippen LogP) is 4.78. The summed E-state index contributed by atoms with van der Waals surface area (Å²) >= 11 is 0. The second-order valence-corrected chi connectivity index (χ2v) is 8.62. The monoisotopic (exact) mass is 389 g/mol. The Hall–Kier alpha value is -2.04. The van der Waals surface area contributed by atoms with Crippen LogP contribution in [-0.4, -0.2) is 31.4 Å². The first-order valence-electron chi connectivity index (χ1n) is 10.6. The Morgan fingerprint density at radius 2 is 1.64 bits per heavy atom. The van der Waals surface area contributed by atoms with Gasteiger partial charge in [0.2, 0.25) is 11.8 Å². The molecule has 0 saturated carbocycles. The van der Waals surface area contributed by atoms with Crippen LogP contribution in [0.5, 0.6) is 0 Å². The molecule has 5 heteroatoms. The first-order chi connectivity index (χ1) is 13.1. The van der Waals surface area contributed by atoms with Crippen molar-refractivity contribution in [1.29, 1.82) is 0 Å². The largest absolute Gasteiger partial charge is 0.369 e. The Kier molecular flexibility index (Phi) is 10.0. The van der Waals surface area contributed by atoms with Gasteiger partial charge in [-0.25, -0.2) is 0 Å². The molecule has 5 nitrogen and oxygen atoms in total. The lowest BCUT2D eigenvalue weighted by Gasteiger charge is -2.31. The van der Waals surface area contributed by atoms with Crippen molar-refractivity contribution in [2.75, 3.05) is 29.9 Å². The second-order valence-electron chi connectivity index (χ2n) is 8.62. The summed E-state index contributed by atoms with van der Waals surface area (Å²) in [7, 11) is 0. The van der Waals surface area contributed by atoms with Gasteiger partial charge in [-0.1, -0.05) is 54.0 Å². The maximum absolute atomic E-state index is 12.4. The molecule has 0 aliphatic heterocycles. The van der Waals surface area contributed by atoms with Crippen molar-refractivity contribution in [2.24, 2.45) is 11.8 Å². The third kappa shape index (κ3) is 8.32. The van der Waals surface area contributed by atoms with Crippen LogP contribution in [0, 0.1) is 11.8 Å². The third-order valence-electron chi connectivity index (χ3n) is 4.60. The van der Waals surface area contributed by atoms with Crippen molar-refractivity contribution >= 4 is 23.2 Å². The second kappa shape index (κ2) is 11.7. The number of hydrogen-bond donors (Lipinski definition) is 2. The Morgan fingerprint density at radius 1 is 1.04 bits per heavy atom. The zero-order valence-corrected chi connectivity index (χ0v) is 18.8. The smallest absolute Gasteiger partial charge is 0.243 e. The van der Waals surface area contributed by atoms with E-state index in [0.29, 0.717) is 17.8 Å². The Morgan fingerprint density at radius 3 is 2.14 bits per heavy atom. The van der Waals surface area contributed by atoms with Gasteiger partial charge in [0.05, 0.1) is 17.9 Å². The summed E-state index contributed by atoms with van der Waals surface area (Å²) in [6.45, 7) is 16.5. The molecule has 0 fully saturated rings. The normalized spacial score (nSPS) is 12.2. The molecule has 1 aromatic rings. The highest BCUT2D eigenvalue weighted by atomic mass is 16.2. The lowest BCUT2D eigenvalue weighted by Crippen LogP contribution is -2.34. The van der Waals surface area contributed by atoms with E-state index >= 15 is 0 Å². The number of carbonyl (C=O) groups excluding carboxylic acids is 2. The van der Waals surface area contributed by atoms with Gasteiger partial charge in [-0.2, -0.15) is 0 Å². The zero-order chi connectivity index (χ0) is 21.3. The molecule has 0 saturated heterocycles. The van der Waals surface area contributed by atoms with Crippen LogP contribution >= 0.6 is 0 Å². The minimum Gasteiger partial charge on any atom is -0.369 e. The summed E-state index contributed by atoms with van der Waals surface area (Å²) in [6.07, 6.45) is 2.24. The third-order valence-corrected chi connectivity index (χ3v) is 4.60. The molecule has 0 aromatic heterocycles. The number of nitrogens with zero attached hydrogens (tertiary/aromatic N) is 1. The van der Waals surface area contributed by atoms with E-state index in [1.54, 1.807) is 0 Å². The summed E-state index contributed by atoms with van der Waals surface area (Å²) in [4.78, 5) is 25.9. The average molecular weight is 390 g/mol. The highest BCUT2D eigenvalue weighted by Crippen LogP contribution is 2.32. The minimum absolute atomic E-state index is 0.0160. The van der Waals surface area contributed by atoms with Crippen LogP contribution in [0.4, 0.5) is 11.4 Å². The van der Waals surface area contributed by atoms with Crippen molar-refractivity contribution in [2.45, 2.75) is 67.2 Å². The molecule has 0 bridgehead atoms. The maximum atomic E-state index is 12.4. The Bertz CT molecular complexity index is 631. The molecule has 0 aliphatic rings. The van der Waals surface area contributed by atoms with Crippen molar-refractivity contribution < 1.29 is 9.59 Å². The van der Waals surface area contributed by atoms with Gasteiger partial charge in [0.1, 0.15) is 0 Å². The van der Waals surface area contributed by atoms with Gasteiger partial charge in [-0.3, -0.25) is 9.59 Å². The fraction of sp³-hybridized carbons (Fsp3) is 0.652. The molecule has 1 atom stereocenters. The van der Waals surface area contributed by atoms with Crippen LogP contribution in [-0.2, 0) is 9.59 Å². The fourth-order valence-electron chi connectivity index (χ4n) is 3.39. The molecule has 0 radical (unpaired) electrons. The molecule has 2 amide bonds. The first-order valence-corrected chi connectivity index (χ1v) is 10.6. The van der Waals surface area contributed by atoms with Gasteiger partial charge in [0.15, 0.2) is 0 Å². The molecule has 0 spiro atoms. The van der Waals surface area contributed by atoms with Gasteiger partial charge >= 0.3 is 0 Å². The van der Waals surface area contributed by atoms with E-state index in [1.807, 2.05) is 0 Å². The number of carbonyl (C=O) groups is 2. The van der Waals surface area contributed by atoms with Crippen LogP contribution in [0.3, 0.4) is 0 Å². The number of rotatable bonds is 11. The van der Waals surface area contributed by atoms with Gasteiger partial charge in [0, 0.05) is 20.0 Å². The van der Waals surface area contributed by atoms with E-state index in [4.69, 9.17) is 0 Å². The highest BCUT2D eigenvalue weighted by molar-refractivity contribution is 5.97. The molecule has 1 rings (SSSR count). The van der Waals surface area contributed by atoms with E-state index < -0.39 is 0 Å². The molecule has 0 aliphatic carbocycles. The van der Waals surface area contributed by atoms with Crippen LogP contribution < -0.4 is 15.5 Å². The lowest BCUT2D eigenvalue weighted by atomic mass is 9.95. The number of hydrogen-bond acceptors (Lipinski definition) is 3. The summed E-state index contributed by atoms with van der Waals surface area (Å²) < 4.78 is 0. The molecular weight excluding hydrogens is 350 g/mol. The van der Waals surface area contributed by atoms with E-state index in [9.17, 15) is 9.59 Å². The average Bonchev–Trinajstić information content (AvgIpc) is 2.58. The number of anilines is 2. The van der Waals surface area contributed by atoms with Crippen molar-refractivity contribution in [1.82, 2.24) is 5.32 Å². The standard InChI is InChI=1S/C23H39N3O2/c1-8-9-18(6)20-10-11-22(26(14-16(2)3)15-17(4)5)21(12-20)25-23(28)13-24-19(7)27/h10-12,16-18H,8-9,13-15H2,1-7H3,(H,24,27)(H,25,28).